The van der Waals surface area contributed by atoms with Gasteiger partial charge in [0, 0.05) is 23.5 Å². The Kier molecular flexibility index (Phi) is 6.87. The van der Waals surface area contributed by atoms with Gasteiger partial charge in [0.2, 0.25) is 5.82 Å². The Bertz CT molecular complexity index is 1250. The zero-order valence-corrected chi connectivity index (χ0v) is 19.9. The topological polar surface area (TPSA) is 81.4 Å². The minimum absolute atomic E-state index is 0.0961. The van der Waals surface area contributed by atoms with Gasteiger partial charge >= 0.3 is 5.69 Å². The van der Waals surface area contributed by atoms with Gasteiger partial charge in [0.15, 0.2) is 0 Å². The average molecular weight is 445 g/mol. The van der Waals surface area contributed by atoms with E-state index < -0.39 is 0 Å². The van der Waals surface area contributed by atoms with Crippen molar-refractivity contribution < 1.29 is 0 Å². The zero-order chi connectivity index (χ0) is 23.4. The Morgan fingerprint density at radius 2 is 1.73 bits per heavy atom. The number of rotatable bonds is 9. The van der Waals surface area contributed by atoms with E-state index >= 15 is 0 Å². The summed E-state index contributed by atoms with van der Waals surface area (Å²) in [5.74, 6) is 0.999. The number of hydrogen-bond donors (Lipinski definition) is 1. The van der Waals surface area contributed by atoms with Crippen LogP contribution in [0.1, 0.15) is 50.6 Å². The van der Waals surface area contributed by atoms with Gasteiger partial charge in [0.05, 0.1) is 6.54 Å². The highest BCUT2D eigenvalue weighted by atomic mass is 16.1. The number of imidazole rings is 1. The number of tetrazole rings is 1. The number of hydrogen-bond acceptors (Lipinski definition) is 4. The molecule has 0 aliphatic carbocycles. The van der Waals surface area contributed by atoms with Crippen LogP contribution < -0.4 is 5.69 Å². The second-order valence-corrected chi connectivity index (χ2v) is 8.99. The number of unbranched alkanes of at least 4 members (excludes halogenated alkanes) is 1. The van der Waals surface area contributed by atoms with Gasteiger partial charge in [0.1, 0.15) is 0 Å². The van der Waals surface area contributed by atoms with Crippen molar-refractivity contribution in [2.45, 2.75) is 60.0 Å². The summed E-state index contributed by atoms with van der Waals surface area (Å²) < 4.78 is 3.92. The first kappa shape index (κ1) is 22.7. The Hall–Kier alpha value is -3.48. The predicted octanol–water partition coefficient (Wildman–Crippen LogP) is 4.85. The van der Waals surface area contributed by atoms with E-state index in [0.717, 1.165) is 59.4 Å². The highest BCUT2D eigenvalue weighted by Gasteiger charge is 2.17. The zero-order valence-electron chi connectivity index (χ0n) is 19.9. The van der Waals surface area contributed by atoms with Crippen LogP contribution >= 0.6 is 0 Å². The molecule has 2 heterocycles. The van der Waals surface area contributed by atoms with Gasteiger partial charge in [0.25, 0.3) is 0 Å². The second kappa shape index (κ2) is 9.98. The molecule has 0 atom stereocenters. The summed E-state index contributed by atoms with van der Waals surface area (Å²) in [6, 6.07) is 16.4. The van der Waals surface area contributed by atoms with Crippen molar-refractivity contribution in [3.8, 4) is 22.5 Å². The van der Waals surface area contributed by atoms with Crippen LogP contribution in [-0.2, 0) is 19.5 Å². The summed E-state index contributed by atoms with van der Waals surface area (Å²) in [6.07, 6.45) is 3.12. The molecule has 7 nitrogen and oxygen atoms in total. The van der Waals surface area contributed by atoms with Crippen LogP contribution in [0.3, 0.4) is 0 Å². The van der Waals surface area contributed by atoms with Crippen molar-refractivity contribution in [3.05, 3.63) is 76.0 Å². The first-order chi connectivity index (χ1) is 16.0. The number of aromatic nitrogens is 6. The Labute approximate surface area is 194 Å². The highest BCUT2D eigenvalue weighted by molar-refractivity contribution is 5.80. The van der Waals surface area contributed by atoms with Crippen molar-refractivity contribution >= 4 is 0 Å². The average Bonchev–Trinajstić information content (AvgIpc) is 3.42. The summed E-state index contributed by atoms with van der Waals surface area (Å²) in [5, 5.41) is 14.5. The molecule has 7 heteroatoms. The van der Waals surface area contributed by atoms with Gasteiger partial charge in [-0.2, -0.15) is 5.21 Å². The maximum Gasteiger partial charge on any atom is 0.328 e. The number of aromatic amines is 1. The molecule has 4 rings (SSSR count). The van der Waals surface area contributed by atoms with Crippen molar-refractivity contribution in [1.82, 2.24) is 29.8 Å². The van der Waals surface area contributed by atoms with Crippen molar-refractivity contribution in [2.24, 2.45) is 5.92 Å². The Morgan fingerprint density at radius 1 is 1.00 bits per heavy atom. The molecule has 0 amide bonds. The molecule has 0 aliphatic heterocycles. The summed E-state index contributed by atoms with van der Waals surface area (Å²) in [5.41, 5.74) is 6.52. The lowest BCUT2D eigenvalue weighted by Gasteiger charge is -2.10. The van der Waals surface area contributed by atoms with Crippen molar-refractivity contribution in [1.29, 1.82) is 0 Å². The number of nitrogens with one attached hydrogen (secondary N) is 1. The van der Waals surface area contributed by atoms with Crippen LogP contribution in [0.15, 0.2) is 53.3 Å². The Balaban J connectivity index is 1.65. The molecule has 2 aromatic heterocycles. The molecule has 0 fully saturated rings. The molecule has 0 unspecified atom stereocenters. The fraction of sp³-hybridized carbons (Fsp3) is 0.385. The van der Waals surface area contributed by atoms with E-state index in [2.05, 4.69) is 78.7 Å². The van der Waals surface area contributed by atoms with E-state index in [-0.39, 0.29) is 5.69 Å². The van der Waals surface area contributed by atoms with E-state index in [9.17, 15) is 4.79 Å². The van der Waals surface area contributed by atoms with Crippen LogP contribution in [-0.4, -0.2) is 29.8 Å². The normalized spacial score (nSPS) is 11.4. The maximum atomic E-state index is 13.3. The third-order valence-electron chi connectivity index (χ3n) is 6.04. The van der Waals surface area contributed by atoms with E-state index in [1.54, 1.807) is 0 Å². The number of H-pyrrole nitrogens is 1. The van der Waals surface area contributed by atoms with Gasteiger partial charge in [-0.25, -0.2) is 4.79 Å². The molecule has 4 aromatic rings. The molecular weight excluding hydrogens is 412 g/mol. The molecular formula is C26H32N6O. The standard InChI is InChI=1S/C26H32N6O/c1-5-6-11-24-19(4)31(16-18(2)3)26(33)32(24)17-20-12-14-21(15-13-20)22-9-7-8-10-23(22)25-27-29-30-28-25/h7-10,12-15,18H,5-6,11,16-17H2,1-4H3,(H,27,28,29,30). The first-order valence-corrected chi connectivity index (χ1v) is 11.7. The molecule has 2 aromatic carbocycles. The second-order valence-electron chi connectivity index (χ2n) is 8.99. The van der Waals surface area contributed by atoms with Crippen LogP contribution in [0.2, 0.25) is 0 Å². The lowest BCUT2D eigenvalue weighted by Crippen LogP contribution is -2.27. The minimum Gasteiger partial charge on any atom is -0.296 e. The van der Waals surface area contributed by atoms with Crippen molar-refractivity contribution in [2.75, 3.05) is 0 Å². The molecule has 0 radical (unpaired) electrons. The van der Waals surface area contributed by atoms with Gasteiger partial charge in [-0.1, -0.05) is 75.7 Å². The summed E-state index contributed by atoms with van der Waals surface area (Å²) in [7, 11) is 0. The number of benzene rings is 2. The van der Waals surface area contributed by atoms with E-state index in [4.69, 9.17) is 0 Å². The van der Waals surface area contributed by atoms with Gasteiger partial charge in [-0.15, -0.1) is 10.2 Å². The minimum atomic E-state index is 0.0961. The smallest absolute Gasteiger partial charge is 0.296 e. The van der Waals surface area contributed by atoms with Crippen LogP contribution in [0.5, 0.6) is 0 Å². The van der Waals surface area contributed by atoms with Crippen LogP contribution in [0.4, 0.5) is 0 Å². The molecule has 172 valence electrons. The lowest BCUT2D eigenvalue weighted by atomic mass is 9.98. The van der Waals surface area contributed by atoms with Gasteiger partial charge < -0.3 is 0 Å². The summed E-state index contributed by atoms with van der Waals surface area (Å²) in [4.78, 5) is 13.3. The predicted molar refractivity (Wildman–Crippen MR) is 131 cm³/mol. The molecule has 0 bridgehead atoms. The van der Waals surface area contributed by atoms with Crippen LogP contribution in [0, 0.1) is 12.8 Å². The number of nitrogens with zero attached hydrogens (tertiary/aromatic N) is 5. The van der Waals surface area contributed by atoms with Crippen molar-refractivity contribution in [3.63, 3.8) is 0 Å². The summed E-state index contributed by atoms with van der Waals surface area (Å²) >= 11 is 0. The largest absolute Gasteiger partial charge is 0.328 e. The molecule has 0 aliphatic rings. The van der Waals surface area contributed by atoms with Gasteiger partial charge in [-0.3, -0.25) is 9.13 Å². The third kappa shape index (κ3) is 4.82. The molecule has 33 heavy (non-hydrogen) atoms. The molecule has 0 saturated heterocycles. The quantitative estimate of drug-likeness (QED) is 0.400. The van der Waals surface area contributed by atoms with Gasteiger partial charge in [-0.05, 0) is 47.6 Å². The Morgan fingerprint density at radius 3 is 2.36 bits per heavy atom. The SMILES string of the molecule is CCCCc1c(C)n(CC(C)C)c(=O)n1Cc1ccc(-c2ccccc2-c2nn[nH]n2)cc1. The molecule has 1 N–H and O–H groups in total. The first-order valence-electron chi connectivity index (χ1n) is 11.7. The van der Waals surface area contributed by atoms with E-state index in [0.29, 0.717) is 18.3 Å². The van der Waals surface area contributed by atoms with E-state index in [1.807, 2.05) is 27.3 Å². The lowest BCUT2D eigenvalue weighted by molar-refractivity contribution is 0.497. The molecule has 0 saturated carbocycles. The third-order valence-corrected chi connectivity index (χ3v) is 6.04. The molecule has 0 spiro atoms. The fourth-order valence-electron chi connectivity index (χ4n) is 4.34. The maximum absolute atomic E-state index is 13.3. The highest BCUT2D eigenvalue weighted by Crippen LogP contribution is 2.29. The monoisotopic (exact) mass is 444 g/mol. The van der Waals surface area contributed by atoms with Crippen LogP contribution in [0.25, 0.3) is 22.5 Å². The fourth-order valence-corrected chi connectivity index (χ4v) is 4.34. The van der Waals surface area contributed by atoms with E-state index in [1.165, 1.54) is 0 Å². The summed E-state index contributed by atoms with van der Waals surface area (Å²) in [6.45, 7) is 9.91.